The van der Waals surface area contributed by atoms with Gasteiger partial charge < -0.3 is 9.84 Å². The standard InChI is InChI=1S/C10H10O2S2/c1-12-10-8(11)6-4-3-5-7(13-2)9(6)14-10/h3-5,11H,1-2H3. The van der Waals surface area contributed by atoms with Crippen molar-refractivity contribution in [1.29, 1.82) is 0 Å². The van der Waals surface area contributed by atoms with Gasteiger partial charge >= 0.3 is 0 Å². The van der Waals surface area contributed by atoms with Crippen LogP contribution in [0, 0.1) is 0 Å². The first-order chi connectivity index (χ1) is 6.77. The fourth-order valence-electron chi connectivity index (χ4n) is 1.36. The van der Waals surface area contributed by atoms with E-state index in [0.717, 1.165) is 10.1 Å². The molecule has 1 N–H and O–H groups in total. The molecule has 0 aliphatic rings. The second-order valence-electron chi connectivity index (χ2n) is 2.78. The number of hydrogen-bond acceptors (Lipinski definition) is 4. The highest BCUT2D eigenvalue weighted by molar-refractivity contribution is 7.99. The van der Waals surface area contributed by atoms with E-state index < -0.39 is 0 Å². The molecule has 1 heterocycles. The first kappa shape index (κ1) is 9.68. The highest BCUT2D eigenvalue weighted by atomic mass is 32.2. The smallest absolute Gasteiger partial charge is 0.217 e. The summed E-state index contributed by atoms with van der Waals surface area (Å²) in [6.45, 7) is 0. The van der Waals surface area contributed by atoms with Gasteiger partial charge in [-0.2, -0.15) is 0 Å². The van der Waals surface area contributed by atoms with Gasteiger partial charge in [0.15, 0.2) is 5.75 Å². The van der Waals surface area contributed by atoms with E-state index in [4.69, 9.17) is 4.74 Å². The Bertz CT molecular complexity index is 462. The topological polar surface area (TPSA) is 29.5 Å². The summed E-state index contributed by atoms with van der Waals surface area (Å²) < 4.78 is 6.18. The number of methoxy groups -OCH3 is 1. The number of aromatic hydroxyl groups is 1. The Balaban J connectivity index is 2.77. The van der Waals surface area contributed by atoms with Gasteiger partial charge in [-0.1, -0.05) is 17.4 Å². The van der Waals surface area contributed by atoms with Crippen molar-refractivity contribution >= 4 is 33.2 Å². The van der Waals surface area contributed by atoms with Gasteiger partial charge in [0.1, 0.15) is 0 Å². The summed E-state index contributed by atoms with van der Waals surface area (Å²) in [6, 6.07) is 5.89. The van der Waals surface area contributed by atoms with E-state index in [9.17, 15) is 5.11 Å². The van der Waals surface area contributed by atoms with Crippen LogP contribution in [0.4, 0.5) is 0 Å². The third-order valence-electron chi connectivity index (χ3n) is 2.03. The average molecular weight is 226 g/mol. The molecule has 0 radical (unpaired) electrons. The highest BCUT2D eigenvalue weighted by Gasteiger charge is 2.13. The minimum atomic E-state index is 0.253. The van der Waals surface area contributed by atoms with Gasteiger partial charge in [0.05, 0.1) is 11.8 Å². The van der Waals surface area contributed by atoms with Crippen molar-refractivity contribution in [2.75, 3.05) is 13.4 Å². The molecule has 0 amide bonds. The average Bonchev–Trinajstić information content (AvgIpc) is 2.55. The minimum absolute atomic E-state index is 0.253. The fraction of sp³-hybridized carbons (Fsp3) is 0.200. The lowest BCUT2D eigenvalue weighted by Gasteiger charge is -1.96. The van der Waals surface area contributed by atoms with Crippen molar-refractivity contribution in [2.24, 2.45) is 0 Å². The molecule has 0 bridgehead atoms. The Kier molecular flexibility index (Phi) is 2.56. The highest BCUT2D eigenvalue weighted by Crippen LogP contribution is 2.45. The molecule has 0 fully saturated rings. The lowest BCUT2D eigenvalue weighted by molar-refractivity contribution is 0.388. The largest absolute Gasteiger partial charge is 0.503 e. The number of rotatable bonds is 2. The van der Waals surface area contributed by atoms with Crippen LogP contribution in [0.1, 0.15) is 0 Å². The predicted octanol–water partition coefficient (Wildman–Crippen LogP) is 3.34. The molecule has 0 atom stereocenters. The molecule has 1 aromatic carbocycles. The zero-order valence-electron chi connectivity index (χ0n) is 7.90. The molecule has 74 valence electrons. The van der Waals surface area contributed by atoms with Crippen LogP contribution in [0.15, 0.2) is 23.1 Å². The van der Waals surface area contributed by atoms with Crippen LogP contribution >= 0.6 is 23.1 Å². The number of fused-ring (bicyclic) bond motifs is 1. The molecule has 0 aliphatic carbocycles. The summed E-state index contributed by atoms with van der Waals surface area (Å²) >= 11 is 3.16. The minimum Gasteiger partial charge on any atom is -0.503 e. The Morgan fingerprint density at radius 3 is 2.86 bits per heavy atom. The summed E-state index contributed by atoms with van der Waals surface area (Å²) in [5.41, 5.74) is 0. The van der Waals surface area contributed by atoms with Gasteiger partial charge in [-0.3, -0.25) is 0 Å². The zero-order valence-corrected chi connectivity index (χ0v) is 9.54. The predicted molar refractivity (Wildman–Crippen MR) is 61.8 cm³/mol. The van der Waals surface area contributed by atoms with E-state index >= 15 is 0 Å². The van der Waals surface area contributed by atoms with Crippen LogP contribution in [0.25, 0.3) is 10.1 Å². The van der Waals surface area contributed by atoms with Gasteiger partial charge in [0.25, 0.3) is 0 Å². The Labute approximate surface area is 90.5 Å². The molecule has 0 spiro atoms. The van der Waals surface area contributed by atoms with Gasteiger partial charge in [-0.15, -0.1) is 11.8 Å². The van der Waals surface area contributed by atoms with E-state index in [2.05, 4.69) is 0 Å². The molecule has 14 heavy (non-hydrogen) atoms. The van der Waals surface area contributed by atoms with Crippen LogP contribution < -0.4 is 4.74 Å². The van der Waals surface area contributed by atoms with Crippen LogP contribution in [-0.2, 0) is 0 Å². The van der Waals surface area contributed by atoms with Crippen molar-refractivity contribution in [2.45, 2.75) is 4.90 Å². The molecular weight excluding hydrogens is 216 g/mol. The molecule has 1 aromatic heterocycles. The van der Waals surface area contributed by atoms with Gasteiger partial charge in [0, 0.05) is 10.3 Å². The maximum absolute atomic E-state index is 9.79. The van der Waals surface area contributed by atoms with Crippen LogP contribution in [-0.4, -0.2) is 18.5 Å². The summed E-state index contributed by atoms with van der Waals surface area (Å²) in [5, 5.41) is 11.2. The van der Waals surface area contributed by atoms with Crippen molar-refractivity contribution in [3.05, 3.63) is 18.2 Å². The molecule has 2 aromatic rings. The number of ether oxygens (including phenoxy) is 1. The Hall–Kier alpha value is -0.870. The van der Waals surface area contributed by atoms with Crippen molar-refractivity contribution in [3.63, 3.8) is 0 Å². The van der Waals surface area contributed by atoms with Gasteiger partial charge in [0.2, 0.25) is 5.06 Å². The molecular formula is C10H10O2S2. The number of hydrogen-bond donors (Lipinski definition) is 1. The second kappa shape index (κ2) is 3.71. The molecule has 4 heteroatoms. The fourth-order valence-corrected chi connectivity index (χ4v) is 3.16. The maximum Gasteiger partial charge on any atom is 0.217 e. The van der Waals surface area contributed by atoms with E-state index in [0.29, 0.717) is 5.06 Å². The molecule has 0 unspecified atom stereocenters. The number of thioether (sulfide) groups is 1. The quantitative estimate of drug-likeness (QED) is 0.796. The monoisotopic (exact) mass is 226 g/mol. The molecule has 0 saturated heterocycles. The molecule has 2 rings (SSSR count). The molecule has 0 aliphatic heterocycles. The van der Waals surface area contributed by atoms with E-state index in [1.54, 1.807) is 18.9 Å². The third kappa shape index (κ3) is 1.35. The first-order valence-corrected chi connectivity index (χ1v) is 6.14. The van der Waals surface area contributed by atoms with Crippen molar-refractivity contribution in [1.82, 2.24) is 0 Å². The second-order valence-corrected chi connectivity index (χ2v) is 4.61. The number of benzene rings is 1. The zero-order chi connectivity index (χ0) is 10.1. The third-order valence-corrected chi connectivity index (χ3v) is 4.13. The normalized spacial score (nSPS) is 10.7. The van der Waals surface area contributed by atoms with E-state index in [-0.39, 0.29) is 5.75 Å². The van der Waals surface area contributed by atoms with Crippen molar-refractivity contribution in [3.8, 4) is 10.8 Å². The van der Waals surface area contributed by atoms with Gasteiger partial charge in [-0.25, -0.2) is 0 Å². The van der Waals surface area contributed by atoms with E-state index in [1.165, 1.54) is 16.2 Å². The Morgan fingerprint density at radius 1 is 1.43 bits per heavy atom. The van der Waals surface area contributed by atoms with Crippen LogP contribution in [0.5, 0.6) is 10.8 Å². The van der Waals surface area contributed by atoms with E-state index in [1.807, 2.05) is 24.5 Å². The van der Waals surface area contributed by atoms with Crippen LogP contribution in [0.2, 0.25) is 0 Å². The first-order valence-electron chi connectivity index (χ1n) is 4.10. The van der Waals surface area contributed by atoms with Gasteiger partial charge in [-0.05, 0) is 18.4 Å². The lowest BCUT2D eigenvalue weighted by atomic mass is 10.2. The SMILES string of the molecule is COc1sc2c(SC)cccc2c1O. The Morgan fingerprint density at radius 2 is 2.21 bits per heavy atom. The molecule has 2 nitrogen and oxygen atoms in total. The summed E-state index contributed by atoms with van der Waals surface area (Å²) in [7, 11) is 1.57. The van der Waals surface area contributed by atoms with Crippen LogP contribution in [0.3, 0.4) is 0 Å². The maximum atomic E-state index is 9.79. The van der Waals surface area contributed by atoms with Crippen molar-refractivity contribution < 1.29 is 9.84 Å². The summed E-state index contributed by atoms with van der Waals surface area (Å²) in [5.74, 6) is 0.253. The summed E-state index contributed by atoms with van der Waals surface area (Å²) in [4.78, 5) is 1.17. The summed E-state index contributed by atoms with van der Waals surface area (Å²) in [6.07, 6.45) is 2.03. The molecule has 0 saturated carbocycles. The lowest BCUT2D eigenvalue weighted by Crippen LogP contribution is -1.75. The number of thiophene rings is 1.